The minimum atomic E-state index is -2.02. The molecule has 1 unspecified atom stereocenters. The number of hydrogen-bond acceptors (Lipinski definition) is 0. The van der Waals surface area contributed by atoms with Gasteiger partial charge >= 0.3 is 0 Å². The Balaban J connectivity index is 2.61. The third kappa shape index (κ3) is 4.15. The molecule has 0 nitrogen and oxygen atoms in total. The van der Waals surface area contributed by atoms with Gasteiger partial charge in [-0.2, -0.15) is 0 Å². The first-order chi connectivity index (χ1) is 8.58. The van der Waals surface area contributed by atoms with E-state index in [1.54, 1.807) is 0 Å². The van der Waals surface area contributed by atoms with Crippen molar-refractivity contribution in [3.8, 4) is 0 Å². The van der Waals surface area contributed by atoms with Gasteiger partial charge in [0.25, 0.3) is 0 Å². The molecule has 1 aromatic rings. The van der Waals surface area contributed by atoms with Gasteiger partial charge < -0.3 is 0 Å². The van der Waals surface area contributed by atoms with Crippen LogP contribution in [0.1, 0.15) is 39.2 Å². The predicted molar refractivity (Wildman–Crippen MR) is 89.3 cm³/mol. The van der Waals surface area contributed by atoms with Crippen molar-refractivity contribution >= 4 is 24.0 Å². The van der Waals surface area contributed by atoms with Crippen molar-refractivity contribution in [3.05, 3.63) is 35.9 Å². The van der Waals surface area contributed by atoms with Crippen LogP contribution < -0.4 is 0 Å². The second-order valence-electron chi connectivity index (χ2n) is 6.92. The van der Waals surface area contributed by atoms with Gasteiger partial charge in [-0.3, -0.25) is 0 Å². The van der Waals surface area contributed by atoms with E-state index in [1.165, 1.54) is 5.56 Å². The Labute approximate surface area is 126 Å². The van der Waals surface area contributed by atoms with E-state index in [0.717, 1.165) is 12.8 Å². The molecule has 108 valence electrons. The third-order valence-corrected chi connectivity index (χ3v) is 13.8. The quantitative estimate of drug-likeness (QED) is 0.446. The molecular formula is C16H26BrFSi. The van der Waals surface area contributed by atoms with Crippen LogP contribution in [0.15, 0.2) is 30.3 Å². The Hall–Kier alpha value is -0.153. The molecule has 0 spiro atoms. The largest absolute Gasteiger partial charge is 0.236 e. The average molecular weight is 345 g/mol. The van der Waals surface area contributed by atoms with Gasteiger partial charge in [-0.05, 0) is 29.9 Å². The zero-order chi connectivity index (χ0) is 14.7. The molecule has 0 fully saturated rings. The van der Waals surface area contributed by atoms with Crippen LogP contribution in [0.3, 0.4) is 0 Å². The van der Waals surface area contributed by atoms with Gasteiger partial charge in [0.05, 0.1) is 0 Å². The molecule has 0 saturated heterocycles. The van der Waals surface area contributed by atoms with Crippen molar-refractivity contribution in [2.45, 2.75) is 62.4 Å². The Kier molecular flexibility index (Phi) is 5.41. The third-order valence-electron chi connectivity index (χ3n) is 4.59. The van der Waals surface area contributed by atoms with Crippen molar-refractivity contribution in [2.75, 3.05) is 0 Å². The Morgan fingerprint density at radius 2 is 1.63 bits per heavy atom. The highest BCUT2D eigenvalue weighted by Crippen LogP contribution is 2.49. The molecule has 0 aliphatic heterocycles. The first-order valence-electron chi connectivity index (χ1n) is 7.00. The summed E-state index contributed by atoms with van der Waals surface area (Å²) in [5.74, 6) is 0. The van der Waals surface area contributed by atoms with Gasteiger partial charge in [0.2, 0.25) is 0 Å². The van der Waals surface area contributed by atoms with Crippen LogP contribution in [0.5, 0.6) is 0 Å². The van der Waals surface area contributed by atoms with E-state index in [2.05, 4.69) is 61.9 Å². The minimum Gasteiger partial charge on any atom is -0.236 e. The van der Waals surface area contributed by atoms with Gasteiger partial charge in [0, 0.05) is 0 Å². The van der Waals surface area contributed by atoms with E-state index in [4.69, 9.17) is 0 Å². The molecule has 0 radical (unpaired) electrons. The summed E-state index contributed by atoms with van der Waals surface area (Å²) in [5.41, 5.74) is 1.29. The predicted octanol–water partition coefficient (Wildman–Crippen LogP) is 6.12. The maximum absolute atomic E-state index is 15.0. The molecule has 0 amide bonds. The second kappa shape index (κ2) is 6.09. The van der Waals surface area contributed by atoms with Crippen LogP contribution in [0.25, 0.3) is 0 Å². The van der Waals surface area contributed by atoms with Crippen molar-refractivity contribution in [1.82, 2.24) is 0 Å². The number of halogens is 2. The standard InChI is InChI=1S/C16H26BrFSi/c1-15(2,3)19(4,5)16(17,18)13-9-12-14-10-7-6-8-11-14/h6-8,10-11H,9,12-13H2,1-5H3. The SMILES string of the molecule is CC(C)(C)[Si](C)(C)C(F)(Br)CCCc1ccccc1. The Morgan fingerprint density at radius 3 is 2.11 bits per heavy atom. The first-order valence-corrected chi connectivity index (χ1v) is 10.8. The molecule has 0 aliphatic carbocycles. The van der Waals surface area contributed by atoms with Crippen molar-refractivity contribution in [2.24, 2.45) is 0 Å². The van der Waals surface area contributed by atoms with Gasteiger partial charge in [-0.15, -0.1) is 0 Å². The molecule has 0 bridgehead atoms. The molecule has 0 aliphatic rings. The molecular weight excluding hydrogens is 319 g/mol. The smallest absolute Gasteiger partial charge is 0.151 e. The zero-order valence-electron chi connectivity index (χ0n) is 12.8. The fourth-order valence-electron chi connectivity index (χ4n) is 2.02. The van der Waals surface area contributed by atoms with E-state index < -0.39 is 12.3 Å². The van der Waals surface area contributed by atoms with E-state index in [9.17, 15) is 0 Å². The summed E-state index contributed by atoms with van der Waals surface area (Å²) in [5, 5.41) is 0.0536. The molecule has 3 heteroatoms. The van der Waals surface area contributed by atoms with E-state index >= 15 is 4.39 Å². The molecule has 0 saturated carbocycles. The van der Waals surface area contributed by atoms with Crippen LogP contribution in [0.4, 0.5) is 4.39 Å². The highest BCUT2D eigenvalue weighted by molar-refractivity contribution is 9.10. The summed E-state index contributed by atoms with van der Waals surface area (Å²) in [4.78, 5) is 0. The summed E-state index contributed by atoms with van der Waals surface area (Å²) in [6.07, 6.45) is 2.43. The molecule has 1 atom stereocenters. The maximum Gasteiger partial charge on any atom is 0.151 e. The minimum absolute atomic E-state index is 0.0536. The van der Waals surface area contributed by atoms with Crippen LogP contribution in [-0.4, -0.2) is 12.3 Å². The number of hydrogen-bond donors (Lipinski definition) is 0. The fraction of sp³-hybridized carbons (Fsp3) is 0.625. The highest BCUT2D eigenvalue weighted by atomic mass is 79.9. The maximum atomic E-state index is 15.0. The number of alkyl halides is 2. The van der Waals surface area contributed by atoms with Crippen molar-refractivity contribution in [1.29, 1.82) is 0 Å². The second-order valence-corrected chi connectivity index (χ2v) is 14.5. The topological polar surface area (TPSA) is 0 Å². The van der Waals surface area contributed by atoms with Gasteiger partial charge in [0.15, 0.2) is 4.20 Å². The summed E-state index contributed by atoms with van der Waals surface area (Å²) < 4.78 is 13.9. The molecule has 0 heterocycles. The van der Waals surface area contributed by atoms with Crippen LogP contribution in [0, 0.1) is 0 Å². The van der Waals surface area contributed by atoms with E-state index in [-0.39, 0.29) is 5.04 Å². The Morgan fingerprint density at radius 1 is 1.11 bits per heavy atom. The van der Waals surface area contributed by atoms with Crippen LogP contribution >= 0.6 is 15.9 Å². The monoisotopic (exact) mass is 344 g/mol. The van der Waals surface area contributed by atoms with Gasteiger partial charge in [-0.1, -0.05) is 80.1 Å². The molecule has 0 N–H and O–H groups in total. The van der Waals surface area contributed by atoms with E-state index in [0.29, 0.717) is 6.42 Å². The molecule has 1 aromatic carbocycles. The molecule has 1 rings (SSSR count). The summed E-state index contributed by atoms with van der Waals surface area (Å²) in [7, 11) is -2.02. The normalized spacial score (nSPS) is 16.2. The number of rotatable bonds is 5. The Bertz CT molecular complexity index is 393. The summed E-state index contributed by atoms with van der Waals surface area (Å²) in [6.45, 7) is 10.8. The summed E-state index contributed by atoms with van der Waals surface area (Å²) >= 11 is 3.41. The molecule has 19 heavy (non-hydrogen) atoms. The number of benzene rings is 1. The summed E-state index contributed by atoms with van der Waals surface area (Å²) in [6, 6.07) is 10.3. The van der Waals surface area contributed by atoms with Crippen molar-refractivity contribution < 1.29 is 4.39 Å². The van der Waals surface area contributed by atoms with Crippen molar-refractivity contribution in [3.63, 3.8) is 0 Å². The van der Waals surface area contributed by atoms with E-state index in [1.807, 2.05) is 18.2 Å². The number of aryl methyl sites for hydroxylation is 1. The average Bonchev–Trinajstić information content (AvgIpc) is 2.28. The first kappa shape index (κ1) is 16.9. The lowest BCUT2D eigenvalue weighted by Gasteiger charge is -2.44. The fourth-order valence-corrected chi connectivity index (χ4v) is 5.98. The highest BCUT2D eigenvalue weighted by Gasteiger charge is 2.52. The zero-order valence-corrected chi connectivity index (χ0v) is 15.3. The lowest BCUT2D eigenvalue weighted by molar-refractivity contribution is 0.352. The lowest BCUT2D eigenvalue weighted by Crippen LogP contribution is -2.53. The van der Waals surface area contributed by atoms with Crippen LogP contribution in [-0.2, 0) is 6.42 Å². The lowest BCUT2D eigenvalue weighted by atomic mass is 10.1. The van der Waals surface area contributed by atoms with Crippen LogP contribution in [0.2, 0.25) is 18.1 Å². The van der Waals surface area contributed by atoms with Gasteiger partial charge in [-0.25, -0.2) is 4.39 Å². The molecule has 0 aromatic heterocycles. The van der Waals surface area contributed by atoms with Gasteiger partial charge in [0.1, 0.15) is 8.07 Å².